The Balaban J connectivity index is 1.28. The van der Waals surface area contributed by atoms with Crippen molar-refractivity contribution in [3.63, 3.8) is 0 Å². The summed E-state index contributed by atoms with van der Waals surface area (Å²) in [4.78, 5) is 21.1. The number of carboxylic acid groups (broad SMARTS) is 1. The third-order valence-electron chi connectivity index (χ3n) is 7.84. The van der Waals surface area contributed by atoms with Gasteiger partial charge in [-0.05, 0) is 49.6 Å². The number of ether oxygens (including phenoxy) is 2. The second-order valence-electron chi connectivity index (χ2n) is 11.2. The van der Waals surface area contributed by atoms with E-state index in [-0.39, 0.29) is 6.42 Å². The summed E-state index contributed by atoms with van der Waals surface area (Å²) in [5.41, 5.74) is 5.46. The van der Waals surface area contributed by atoms with Crippen LogP contribution in [-0.4, -0.2) is 21.0 Å². The van der Waals surface area contributed by atoms with E-state index in [0.717, 1.165) is 55.2 Å². The second-order valence-corrected chi connectivity index (χ2v) is 13.1. The molecule has 0 aliphatic heterocycles. The zero-order valence-electron chi connectivity index (χ0n) is 26.8. The van der Waals surface area contributed by atoms with Gasteiger partial charge in [0, 0.05) is 33.7 Å². The molecule has 1 unspecified atom stereocenters. The Morgan fingerprint density at radius 2 is 1.40 bits per heavy atom. The van der Waals surface area contributed by atoms with Gasteiger partial charge < -0.3 is 14.6 Å². The molecule has 6 nitrogen and oxygen atoms in total. The van der Waals surface area contributed by atoms with Gasteiger partial charge in [-0.1, -0.05) is 97.9 Å². The summed E-state index contributed by atoms with van der Waals surface area (Å²) in [5, 5.41) is 15.5. The first-order valence-corrected chi connectivity index (χ1v) is 17.2. The highest BCUT2D eigenvalue weighted by atomic mass is 32.1. The summed E-state index contributed by atoms with van der Waals surface area (Å²) in [6.45, 7) is 6.71. The van der Waals surface area contributed by atoms with E-state index in [2.05, 4.69) is 6.92 Å². The van der Waals surface area contributed by atoms with Crippen molar-refractivity contribution < 1.29 is 19.4 Å². The maximum atomic E-state index is 11.7. The van der Waals surface area contributed by atoms with Gasteiger partial charge in [0.15, 0.2) is 0 Å². The molecule has 0 radical (unpaired) electrons. The smallest absolute Gasteiger partial charge is 0.303 e. The highest BCUT2D eigenvalue weighted by molar-refractivity contribution is 7.10. The Hall–Kier alpha value is -4.79. The number of benzene rings is 3. The Morgan fingerprint density at radius 1 is 0.830 bits per heavy atom. The van der Waals surface area contributed by atoms with Crippen LogP contribution in [0.2, 0.25) is 0 Å². The molecule has 0 amide bonds. The average molecular weight is 663 g/mol. The highest BCUT2D eigenvalue weighted by Crippen LogP contribution is 2.38. The Morgan fingerprint density at radius 3 is 1.96 bits per heavy atom. The van der Waals surface area contributed by atoms with Crippen LogP contribution < -0.4 is 4.74 Å². The largest absolute Gasteiger partial charge is 0.491 e. The minimum absolute atomic E-state index is 0.0322. The maximum absolute atomic E-state index is 11.7. The predicted molar refractivity (Wildman–Crippen MR) is 192 cm³/mol. The van der Waals surface area contributed by atoms with Crippen molar-refractivity contribution in [2.75, 3.05) is 0 Å². The van der Waals surface area contributed by atoms with Crippen LogP contribution in [0.15, 0.2) is 131 Å². The van der Waals surface area contributed by atoms with Crippen LogP contribution in [0, 0.1) is 0 Å². The van der Waals surface area contributed by atoms with Gasteiger partial charge in [0.2, 0.25) is 0 Å². The van der Waals surface area contributed by atoms with Crippen molar-refractivity contribution in [2.45, 2.75) is 52.2 Å². The fourth-order valence-electron chi connectivity index (χ4n) is 5.15. The van der Waals surface area contributed by atoms with E-state index in [0.29, 0.717) is 19.6 Å². The number of carbonyl (C=O) groups is 1. The van der Waals surface area contributed by atoms with Crippen LogP contribution in [0.3, 0.4) is 0 Å². The van der Waals surface area contributed by atoms with E-state index in [1.54, 1.807) is 22.7 Å². The molecule has 0 bridgehead atoms. The summed E-state index contributed by atoms with van der Waals surface area (Å²) in [6, 6.07) is 28.1. The molecule has 0 aliphatic rings. The summed E-state index contributed by atoms with van der Waals surface area (Å²) in [5.74, 6) is 0.636. The van der Waals surface area contributed by atoms with Gasteiger partial charge in [-0.15, -0.1) is 22.7 Å². The van der Waals surface area contributed by atoms with Gasteiger partial charge in [0.1, 0.15) is 29.0 Å². The van der Waals surface area contributed by atoms with Gasteiger partial charge in [-0.25, -0.2) is 9.97 Å². The molecule has 0 aliphatic carbocycles. The first-order chi connectivity index (χ1) is 22.8. The summed E-state index contributed by atoms with van der Waals surface area (Å²) < 4.78 is 12.1. The number of aromatic nitrogens is 2. The molecule has 47 heavy (non-hydrogen) atoms. The van der Waals surface area contributed by atoms with Gasteiger partial charge in [0.25, 0.3) is 0 Å². The average Bonchev–Trinajstić information content (AvgIpc) is 3.79. The third-order valence-corrected chi connectivity index (χ3v) is 9.48. The van der Waals surface area contributed by atoms with E-state index < -0.39 is 11.4 Å². The third kappa shape index (κ3) is 9.15. The van der Waals surface area contributed by atoms with E-state index in [4.69, 9.17) is 19.4 Å². The molecule has 1 atom stereocenters. The minimum atomic E-state index is -0.831. The standard InChI is InChI=1S/C39H38N2O4S2/c1-4-11-31(17-16-28(2)44-24-36-40-34(26-46-36)29-12-7-5-8-13-29)39(3,23-22-38(42)43)32-18-20-33(21-19-32)45-25-37-41-35(27-47-37)30-14-9-6-10-15-30/h4-21,26-27H,22-25H2,1-3H3,(H,42,43)/b11-4-,28-16+,31-17+. The van der Waals surface area contributed by atoms with Crippen molar-refractivity contribution in [3.8, 4) is 28.3 Å². The van der Waals surface area contributed by atoms with Gasteiger partial charge in [0.05, 0.1) is 17.1 Å². The molecular weight excluding hydrogens is 625 g/mol. The molecule has 5 rings (SSSR count). The lowest BCUT2D eigenvalue weighted by atomic mass is 9.72. The Bertz CT molecular complexity index is 1840. The lowest BCUT2D eigenvalue weighted by Crippen LogP contribution is -2.25. The van der Waals surface area contributed by atoms with Gasteiger partial charge in [-0.2, -0.15) is 0 Å². The molecule has 1 N–H and O–H groups in total. The molecule has 2 heterocycles. The van der Waals surface area contributed by atoms with E-state index in [9.17, 15) is 9.90 Å². The number of carboxylic acids is 1. The molecule has 0 fully saturated rings. The normalized spacial score (nSPS) is 13.4. The van der Waals surface area contributed by atoms with E-state index in [1.165, 1.54) is 0 Å². The molecule has 0 saturated carbocycles. The SMILES string of the molecule is C\C=C/C(=C\C=C(/C)OCc1nc(-c2ccccc2)cs1)C(C)(CCC(=O)O)c1ccc(OCc2nc(-c3ccccc3)cs2)cc1. The number of rotatable bonds is 15. The second kappa shape index (κ2) is 16.2. The maximum Gasteiger partial charge on any atom is 0.303 e. The minimum Gasteiger partial charge on any atom is -0.491 e. The predicted octanol–water partition coefficient (Wildman–Crippen LogP) is 10.3. The van der Waals surface area contributed by atoms with Crippen LogP contribution >= 0.6 is 22.7 Å². The first kappa shape index (κ1) is 33.6. The monoisotopic (exact) mass is 662 g/mol. The van der Waals surface area contributed by atoms with Crippen molar-refractivity contribution in [3.05, 3.63) is 147 Å². The van der Waals surface area contributed by atoms with E-state index >= 15 is 0 Å². The van der Waals surface area contributed by atoms with E-state index in [1.807, 2.05) is 134 Å². The molecule has 2 aromatic heterocycles. The highest BCUT2D eigenvalue weighted by Gasteiger charge is 2.30. The molecule has 8 heteroatoms. The van der Waals surface area contributed by atoms with Crippen LogP contribution in [0.4, 0.5) is 0 Å². The Kier molecular flexibility index (Phi) is 11.5. The van der Waals surface area contributed by atoms with Gasteiger partial charge in [-0.3, -0.25) is 4.79 Å². The van der Waals surface area contributed by atoms with Crippen molar-refractivity contribution >= 4 is 28.6 Å². The fraction of sp³-hybridized carbons (Fsp3) is 0.205. The number of allylic oxidation sites excluding steroid dienone is 6. The zero-order chi connectivity index (χ0) is 33.1. The number of aliphatic carboxylic acids is 1. The van der Waals surface area contributed by atoms with Gasteiger partial charge >= 0.3 is 5.97 Å². The van der Waals surface area contributed by atoms with Crippen molar-refractivity contribution in [1.29, 1.82) is 0 Å². The van der Waals surface area contributed by atoms with Crippen molar-refractivity contribution in [2.24, 2.45) is 0 Å². The zero-order valence-corrected chi connectivity index (χ0v) is 28.4. The molecule has 3 aromatic carbocycles. The lowest BCUT2D eigenvalue weighted by molar-refractivity contribution is -0.137. The molecular formula is C39H38N2O4S2. The van der Waals surface area contributed by atoms with Crippen LogP contribution in [0.25, 0.3) is 22.5 Å². The first-order valence-electron chi connectivity index (χ1n) is 15.4. The molecule has 0 saturated heterocycles. The van der Waals surface area contributed by atoms with Crippen LogP contribution in [0.5, 0.6) is 5.75 Å². The van der Waals surface area contributed by atoms with Crippen LogP contribution in [-0.2, 0) is 28.2 Å². The summed E-state index contributed by atoms with van der Waals surface area (Å²) in [7, 11) is 0. The lowest BCUT2D eigenvalue weighted by Gasteiger charge is -2.32. The summed E-state index contributed by atoms with van der Waals surface area (Å²) >= 11 is 3.15. The molecule has 5 aromatic rings. The number of nitrogens with zero attached hydrogens (tertiary/aromatic N) is 2. The number of hydrogen-bond acceptors (Lipinski definition) is 7. The van der Waals surface area contributed by atoms with Crippen molar-refractivity contribution in [1.82, 2.24) is 9.97 Å². The number of hydrogen-bond donors (Lipinski definition) is 1. The molecule has 0 spiro atoms. The molecule has 240 valence electrons. The Labute approximate surface area is 284 Å². The summed E-state index contributed by atoms with van der Waals surface area (Å²) in [6.07, 6.45) is 8.43. The van der Waals surface area contributed by atoms with Crippen LogP contribution in [0.1, 0.15) is 49.2 Å². The topological polar surface area (TPSA) is 81.5 Å². The number of thiazole rings is 2. The fourth-order valence-corrected chi connectivity index (χ4v) is 6.58. The quantitative estimate of drug-likeness (QED) is 0.0888.